The molecule has 0 spiro atoms. The Morgan fingerprint density at radius 1 is 1.19 bits per heavy atom. The molecule has 3 aromatic rings. The predicted molar refractivity (Wildman–Crippen MR) is 96.4 cm³/mol. The Hall–Kier alpha value is -3.48. The van der Waals surface area contributed by atoms with Crippen molar-refractivity contribution in [2.24, 2.45) is 0 Å². The third-order valence-electron chi connectivity index (χ3n) is 4.45. The van der Waals surface area contributed by atoms with E-state index in [0.717, 1.165) is 17.7 Å². The number of nitro groups is 1. The number of hydrogen-bond acceptors (Lipinski definition) is 5. The van der Waals surface area contributed by atoms with Crippen LogP contribution in [-0.4, -0.2) is 29.0 Å². The van der Waals surface area contributed by atoms with Crippen LogP contribution >= 0.6 is 0 Å². The lowest BCUT2D eigenvalue weighted by atomic mass is 10.1. The summed E-state index contributed by atoms with van der Waals surface area (Å²) in [6.07, 6.45) is 2.36. The Morgan fingerprint density at radius 3 is 2.88 bits per heavy atom. The fourth-order valence-corrected chi connectivity index (χ4v) is 3.22. The summed E-state index contributed by atoms with van der Waals surface area (Å²) in [6, 6.07) is 13.9. The number of aromatic nitrogens is 1. The number of anilines is 1. The molecule has 2 aromatic carbocycles. The molecule has 7 heteroatoms. The smallest absolute Gasteiger partial charge is 0.279 e. The predicted octanol–water partition coefficient (Wildman–Crippen LogP) is 3.11. The molecule has 4 rings (SSSR count). The first-order valence-corrected chi connectivity index (χ1v) is 8.18. The van der Waals surface area contributed by atoms with Crippen molar-refractivity contribution in [1.82, 2.24) is 4.98 Å². The van der Waals surface area contributed by atoms with Crippen LogP contribution in [0.5, 0.6) is 5.75 Å². The van der Waals surface area contributed by atoms with Gasteiger partial charge in [0.2, 0.25) is 0 Å². The molecule has 7 nitrogen and oxygen atoms in total. The number of pyridine rings is 1. The van der Waals surface area contributed by atoms with E-state index in [1.807, 2.05) is 24.3 Å². The SMILES string of the molecule is O=C(COc1ccc([N+](=O)[O-])c2cccnc12)N1CCc2ccccc21. The number of non-ortho nitro benzene ring substituents is 1. The molecule has 0 aliphatic carbocycles. The third-order valence-corrected chi connectivity index (χ3v) is 4.45. The number of rotatable bonds is 4. The molecule has 1 aromatic heterocycles. The van der Waals surface area contributed by atoms with Crippen LogP contribution < -0.4 is 9.64 Å². The number of carbonyl (C=O) groups excluding carboxylic acids is 1. The molecular weight excluding hydrogens is 334 g/mol. The minimum atomic E-state index is -0.458. The molecule has 26 heavy (non-hydrogen) atoms. The van der Waals surface area contributed by atoms with Crippen LogP contribution in [0.15, 0.2) is 54.7 Å². The van der Waals surface area contributed by atoms with Crippen molar-refractivity contribution in [3.8, 4) is 5.75 Å². The summed E-state index contributed by atoms with van der Waals surface area (Å²) in [7, 11) is 0. The number of para-hydroxylation sites is 1. The number of fused-ring (bicyclic) bond motifs is 2. The first kappa shape index (κ1) is 16.0. The van der Waals surface area contributed by atoms with Crippen molar-refractivity contribution in [3.63, 3.8) is 0 Å². The quantitative estimate of drug-likeness (QED) is 0.534. The monoisotopic (exact) mass is 349 g/mol. The zero-order valence-electron chi connectivity index (χ0n) is 13.8. The lowest BCUT2D eigenvalue weighted by molar-refractivity contribution is -0.383. The summed E-state index contributed by atoms with van der Waals surface area (Å²) in [5.41, 5.74) is 2.38. The third kappa shape index (κ3) is 2.73. The van der Waals surface area contributed by atoms with E-state index in [4.69, 9.17) is 4.74 Å². The van der Waals surface area contributed by atoms with E-state index in [2.05, 4.69) is 4.98 Å². The van der Waals surface area contributed by atoms with Crippen LogP contribution in [-0.2, 0) is 11.2 Å². The molecule has 0 radical (unpaired) electrons. The van der Waals surface area contributed by atoms with Crippen molar-refractivity contribution in [1.29, 1.82) is 0 Å². The van der Waals surface area contributed by atoms with E-state index in [1.165, 1.54) is 18.3 Å². The lowest BCUT2D eigenvalue weighted by Gasteiger charge is -2.17. The van der Waals surface area contributed by atoms with E-state index in [0.29, 0.717) is 23.2 Å². The Bertz CT molecular complexity index is 1020. The average Bonchev–Trinajstić information content (AvgIpc) is 3.10. The van der Waals surface area contributed by atoms with E-state index < -0.39 is 4.92 Å². The number of benzene rings is 2. The van der Waals surface area contributed by atoms with Gasteiger partial charge in [-0.25, -0.2) is 0 Å². The van der Waals surface area contributed by atoms with Crippen LogP contribution in [0.1, 0.15) is 5.56 Å². The molecule has 2 heterocycles. The molecule has 0 unspecified atom stereocenters. The fraction of sp³-hybridized carbons (Fsp3) is 0.158. The van der Waals surface area contributed by atoms with Crippen LogP contribution in [0.4, 0.5) is 11.4 Å². The summed E-state index contributed by atoms with van der Waals surface area (Å²) in [4.78, 5) is 29.2. The topological polar surface area (TPSA) is 85.6 Å². The molecule has 0 fully saturated rings. The van der Waals surface area contributed by atoms with Crippen LogP contribution in [0.25, 0.3) is 10.9 Å². The molecule has 1 aliphatic heterocycles. The highest BCUT2D eigenvalue weighted by atomic mass is 16.6. The van der Waals surface area contributed by atoms with Gasteiger partial charge in [0.1, 0.15) is 11.3 Å². The number of ether oxygens (including phenoxy) is 1. The van der Waals surface area contributed by atoms with E-state index in [9.17, 15) is 14.9 Å². The summed E-state index contributed by atoms with van der Waals surface area (Å²) in [5, 5.41) is 11.5. The van der Waals surface area contributed by atoms with Crippen molar-refractivity contribution >= 4 is 28.2 Å². The minimum absolute atomic E-state index is 0.0414. The normalized spacial score (nSPS) is 12.8. The van der Waals surface area contributed by atoms with Gasteiger partial charge in [-0.05, 0) is 36.2 Å². The highest BCUT2D eigenvalue weighted by molar-refractivity contribution is 5.97. The van der Waals surface area contributed by atoms with Gasteiger partial charge in [-0.15, -0.1) is 0 Å². The first-order chi connectivity index (χ1) is 12.6. The number of nitro benzene ring substituents is 1. The van der Waals surface area contributed by atoms with Gasteiger partial charge in [-0.1, -0.05) is 18.2 Å². The Balaban J connectivity index is 1.57. The Kier molecular flexibility index (Phi) is 3.96. The zero-order valence-corrected chi connectivity index (χ0v) is 13.8. The Labute approximate surface area is 149 Å². The molecule has 0 bridgehead atoms. The maximum atomic E-state index is 12.6. The molecule has 0 saturated heterocycles. The second-order valence-corrected chi connectivity index (χ2v) is 5.95. The van der Waals surface area contributed by atoms with E-state index in [1.54, 1.807) is 17.0 Å². The summed E-state index contributed by atoms with van der Waals surface area (Å²) in [5.74, 6) is 0.199. The molecular formula is C19H15N3O4. The number of hydrogen-bond donors (Lipinski definition) is 0. The van der Waals surface area contributed by atoms with Gasteiger partial charge in [0.05, 0.1) is 10.3 Å². The largest absolute Gasteiger partial charge is 0.481 e. The summed E-state index contributed by atoms with van der Waals surface area (Å²) >= 11 is 0. The standard InChI is InChI=1S/C19H15N3O4/c23-18(21-11-9-13-4-1-2-6-15(13)21)12-26-17-8-7-16(22(24)25)14-5-3-10-20-19(14)17/h1-8,10H,9,11-12H2. The fourth-order valence-electron chi connectivity index (χ4n) is 3.22. The van der Waals surface area contributed by atoms with Gasteiger partial charge in [0.15, 0.2) is 6.61 Å². The maximum absolute atomic E-state index is 12.6. The molecule has 0 atom stereocenters. The second kappa shape index (κ2) is 6.44. The average molecular weight is 349 g/mol. The first-order valence-electron chi connectivity index (χ1n) is 8.18. The van der Waals surface area contributed by atoms with Gasteiger partial charge >= 0.3 is 0 Å². The van der Waals surface area contributed by atoms with Crippen molar-refractivity contribution in [3.05, 3.63) is 70.4 Å². The molecule has 130 valence electrons. The van der Waals surface area contributed by atoms with Gasteiger partial charge < -0.3 is 9.64 Å². The molecule has 0 N–H and O–H groups in total. The van der Waals surface area contributed by atoms with Crippen molar-refractivity contribution in [2.45, 2.75) is 6.42 Å². The zero-order chi connectivity index (χ0) is 18.1. The van der Waals surface area contributed by atoms with Gasteiger partial charge in [0.25, 0.3) is 11.6 Å². The maximum Gasteiger partial charge on any atom is 0.279 e. The van der Waals surface area contributed by atoms with Crippen LogP contribution in [0, 0.1) is 10.1 Å². The van der Waals surface area contributed by atoms with Crippen LogP contribution in [0.2, 0.25) is 0 Å². The highest BCUT2D eigenvalue weighted by Gasteiger charge is 2.25. The van der Waals surface area contributed by atoms with Gasteiger partial charge in [-0.2, -0.15) is 0 Å². The minimum Gasteiger partial charge on any atom is -0.481 e. The van der Waals surface area contributed by atoms with E-state index >= 15 is 0 Å². The highest BCUT2D eigenvalue weighted by Crippen LogP contribution is 2.32. The van der Waals surface area contributed by atoms with Crippen molar-refractivity contribution < 1.29 is 14.5 Å². The number of carbonyl (C=O) groups is 1. The van der Waals surface area contributed by atoms with Crippen molar-refractivity contribution in [2.75, 3.05) is 18.1 Å². The second-order valence-electron chi connectivity index (χ2n) is 5.95. The molecule has 1 aliphatic rings. The molecule has 1 amide bonds. The summed E-state index contributed by atoms with van der Waals surface area (Å²) < 4.78 is 5.67. The molecule has 0 saturated carbocycles. The Morgan fingerprint density at radius 2 is 2.04 bits per heavy atom. The van der Waals surface area contributed by atoms with E-state index in [-0.39, 0.29) is 18.2 Å². The number of nitrogens with zero attached hydrogens (tertiary/aromatic N) is 3. The van der Waals surface area contributed by atoms with Gasteiger partial charge in [0, 0.05) is 24.5 Å². The van der Waals surface area contributed by atoms with Crippen LogP contribution in [0.3, 0.4) is 0 Å². The summed E-state index contributed by atoms with van der Waals surface area (Å²) in [6.45, 7) is 0.471. The number of amides is 1. The lowest BCUT2D eigenvalue weighted by Crippen LogP contribution is -2.33. The van der Waals surface area contributed by atoms with Gasteiger partial charge in [-0.3, -0.25) is 19.9 Å².